The molecule has 1 heterocycles. The summed E-state index contributed by atoms with van der Waals surface area (Å²) in [6, 6.07) is 10.5. The second-order valence-corrected chi connectivity index (χ2v) is 11.5. The Bertz CT molecular complexity index is 1250. The SMILES string of the molecule is CN(C)CCCN(C(=O)c1ccc(S(=O)(=O)N(C)C2CC2)cc1)c1nc2ccc(F)cc2s1. The van der Waals surface area contributed by atoms with Gasteiger partial charge in [0.05, 0.1) is 15.1 Å². The van der Waals surface area contributed by atoms with Crippen molar-refractivity contribution in [1.29, 1.82) is 0 Å². The van der Waals surface area contributed by atoms with Crippen LogP contribution in [0.4, 0.5) is 9.52 Å². The largest absolute Gasteiger partial charge is 0.309 e. The van der Waals surface area contributed by atoms with E-state index in [0.29, 0.717) is 27.5 Å². The van der Waals surface area contributed by atoms with E-state index < -0.39 is 10.0 Å². The molecular weight excluding hydrogens is 463 g/mol. The highest BCUT2D eigenvalue weighted by Gasteiger charge is 2.35. The topological polar surface area (TPSA) is 73.8 Å². The molecule has 1 saturated carbocycles. The van der Waals surface area contributed by atoms with Gasteiger partial charge in [-0.05, 0) is 82.4 Å². The first kappa shape index (κ1) is 23.7. The van der Waals surface area contributed by atoms with Gasteiger partial charge in [0.25, 0.3) is 5.91 Å². The van der Waals surface area contributed by atoms with Crippen LogP contribution in [0.1, 0.15) is 29.6 Å². The maximum atomic E-state index is 13.6. The molecule has 7 nitrogen and oxygen atoms in total. The van der Waals surface area contributed by atoms with Crippen LogP contribution in [0.25, 0.3) is 10.2 Å². The summed E-state index contributed by atoms with van der Waals surface area (Å²) in [6.45, 7) is 1.22. The summed E-state index contributed by atoms with van der Waals surface area (Å²) >= 11 is 1.26. The Hall–Kier alpha value is -2.40. The zero-order valence-electron chi connectivity index (χ0n) is 18.9. The number of anilines is 1. The Balaban J connectivity index is 1.61. The molecule has 0 atom stereocenters. The van der Waals surface area contributed by atoms with Crippen molar-refractivity contribution in [3.8, 4) is 0 Å². The molecule has 2 aromatic carbocycles. The number of thiazole rings is 1. The van der Waals surface area contributed by atoms with Crippen molar-refractivity contribution in [3.05, 3.63) is 53.8 Å². The van der Waals surface area contributed by atoms with E-state index >= 15 is 0 Å². The molecule has 10 heteroatoms. The number of rotatable bonds is 9. The van der Waals surface area contributed by atoms with Gasteiger partial charge in [0, 0.05) is 25.2 Å². The molecule has 33 heavy (non-hydrogen) atoms. The van der Waals surface area contributed by atoms with Crippen molar-refractivity contribution in [2.75, 3.05) is 39.1 Å². The van der Waals surface area contributed by atoms with E-state index in [1.807, 2.05) is 19.0 Å². The number of halogens is 1. The van der Waals surface area contributed by atoms with Crippen molar-refractivity contribution in [1.82, 2.24) is 14.2 Å². The smallest absolute Gasteiger partial charge is 0.260 e. The van der Waals surface area contributed by atoms with Gasteiger partial charge in [0.2, 0.25) is 10.0 Å². The lowest BCUT2D eigenvalue weighted by molar-refractivity contribution is 0.0986. The molecular formula is C23H27FN4O3S2. The zero-order chi connectivity index (χ0) is 23.8. The van der Waals surface area contributed by atoms with Crippen molar-refractivity contribution in [3.63, 3.8) is 0 Å². The van der Waals surface area contributed by atoms with Crippen LogP contribution in [0.5, 0.6) is 0 Å². The molecule has 1 aliphatic rings. The summed E-state index contributed by atoms with van der Waals surface area (Å²) < 4.78 is 41.3. The molecule has 176 valence electrons. The third kappa shape index (κ3) is 5.24. The van der Waals surface area contributed by atoms with Crippen LogP contribution in [-0.4, -0.2) is 68.8 Å². The fraction of sp³-hybridized carbons (Fsp3) is 0.391. The van der Waals surface area contributed by atoms with Crippen molar-refractivity contribution >= 4 is 42.6 Å². The molecule has 0 spiro atoms. The second-order valence-electron chi connectivity index (χ2n) is 8.50. The Labute approximate surface area is 197 Å². The number of aromatic nitrogens is 1. The summed E-state index contributed by atoms with van der Waals surface area (Å²) in [5.74, 6) is -0.621. The average molecular weight is 491 g/mol. The number of amides is 1. The van der Waals surface area contributed by atoms with Crippen molar-refractivity contribution < 1.29 is 17.6 Å². The van der Waals surface area contributed by atoms with Gasteiger partial charge in [-0.15, -0.1) is 0 Å². The third-order valence-electron chi connectivity index (χ3n) is 5.64. The third-order valence-corrected chi connectivity index (χ3v) is 8.61. The molecule has 4 rings (SSSR count). The normalized spacial score (nSPS) is 14.4. The lowest BCUT2D eigenvalue weighted by Crippen LogP contribution is -2.33. The Morgan fingerprint density at radius 2 is 1.79 bits per heavy atom. The first-order chi connectivity index (χ1) is 15.7. The minimum absolute atomic E-state index is 0.0624. The average Bonchev–Trinajstić information content (AvgIpc) is 3.55. The molecule has 0 aliphatic heterocycles. The van der Waals surface area contributed by atoms with Gasteiger partial charge in [-0.2, -0.15) is 4.31 Å². The standard InChI is InChI=1S/C23H27FN4O3S2/c1-26(2)13-4-14-28(23-25-20-12-7-17(24)15-21(20)32-23)22(29)16-5-10-19(11-6-16)33(30,31)27(3)18-8-9-18/h5-7,10-12,15,18H,4,8-9,13-14H2,1-3H3. The molecule has 0 bridgehead atoms. The van der Waals surface area contributed by atoms with Crippen molar-refractivity contribution in [2.24, 2.45) is 0 Å². The monoisotopic (exact) mass is 490 g/mol. The summed E-state index contributed by atoms with van der Waals surface area (Å²) in [5.41, 5.74) is 1.00. The van der Waals surface area contributed by atoms with Gasteiger partial charge < -0.3 is 4.90 Å². The van der Waals surface area contributed by atoms with E-state index in [-0.39, 0.29) is 22.7 Å². The molecule has 0 radical (unpaired) electrons. The first-order valence-corrected chi connectivity index (χ1v) is 13.0. The second kappa shape index (κ2) is 9.46. The molecule has 0 N–H and O–H groups in total. The van der Waals surface area contributed by atoms with Crippen LogP contribution in [0, 0.1) is 5.82 Å². The van der Waals surface area contributed by atoms with Gasteiger partial charge in [-0.25, -0.2) is 17.8 Å². The number of hydrogen-bond acceptors (Lipinski definition) is 6. The molecule has 1 fully saturated rings. The van der Waals surface area contributed by atoms with Gasteiger partial charge in [0.1, 0.15) is 5.82 Å². The predicted octanol–water partition coefficient (Wildman–Crippen LogP) is 3.82. The van der Waals surface area contributed by atoms with Gasteiger partial charge in [0.15, 0.2) is 5.13 Å². The molecule has 1 aromatic heterocycles. The van der Waals surface area contributed by atoms with Crippen LogP contribution in [0.15, 0.2) is 47.4 Å². The number of nitrogens with zero attached hydrogens (tertiary/aromatic N) is 4. The van der Waals surface area contributed by atoms with E-state index in [1.54, 1.807) is 30.1 Å². The number of benzene rings is 2. The highest BCUT2D eigenvalue weighted by molar-refractivity contribution is 7.89. The van der Waals surface area contributed by atoms with Crippen LogP contribution in [0.2, 0.25) is 0 Å². The summed E-state index contributed by atoms with van der Waals surface area (Å²) in [5, 5.41) is 0.490. The Kier molecular flexibility index (Phi) is 6.81. The van der Waals surface area contributed by atoms with Gasteiger partial charge in [-0.3, -0.25) is 9.69 Å². The van der Waals surface area contributed by atoms with Crippen LogP contribution in [0.3, 0.4) is 0 Å². The van der Waals surface area contributed by atoms with Crippen LogP contribution >= 0.6 is 11.3 Å². The van der Waals surface area contributed by atoms with Gasteiger partial charge in [-0.1, -0.05) is 11.3 Å². The van der Waals surface area contributed by atoms with E-state index in [0.717, 1.165) is 25.8 Å². The van der Waals surface area contributed by atoms with E-state index in [1.165, 1.54) is 39.9 Å². The number of fused-ring (bicyclic) bond motifs is 1. The van der Waals surface area contributed by atoms with Gasteiger partial charge >= 0.3 is 0 Å². The van der Waals surface area contributed by atoms with Crippen LogP contribution in [-0.2, 0) is 10.0 Å². The lowest BCUT2D eigenvalue weighted by Gasteiger charge is -2.21. The lowest BCUT2D eigenvalue weighted by atomic mass is 10.2. The number of hydrogen-bond donors (Lipinski definition) is 0. The summed E-state index contributed by atoms with van der Waals surface area (Å²) in [4.78, 5) is 21.8. The molecule has 0 unspecified atom stereocenters. The summed E-state index contributed by atoms with van der Waals surface area (Å²) in [7, 11) is 1.94. The molecule has 1 amide bonds. The van der Waals surface area contributed by atoms with Crippen LogP contribution < -0.4 is 4.90 Å². The number of carbonyl (C=O) groups is 1. The molecule has 3 aromatic rings. The van der Waals surface area contributed by atoms with E-state index in [9.17, 15) is 17.6 Å². The fourth-order valence-electron chi connectivity index (χ4n) is 3.56. The number of sulfonamides is 1. The van der Waals surface area contributed by atoms with Crippen molar-refractivity contribution in [2.45, 2.75) is 30.2 Å². The first-order valence-electron chi connectivity index (χ1n) is 10.8. The van der Waals surface area contributed by atoms with E-state index in [2.05, 4.69) is 4.98 Å². The van der Waals surface area contributed by atoms with E-state index in [4.69, 9.17) is 0 Å². The fourth-order valence-corrected chi connectivity index (χ4v) is 5.99. The molecule has 1 aliphatic carbocycles. The predicted molar refractivity (Wildman–Crippen MR) is 129 cm³/mol. The zero-order valence-corrected chi connectivity index (χ0v) is 20.5. The summed E-state index contributed by atoms with van der Waals surface area (Å²) in [6.07, 6.45) is 2.47. The maximum Gasteiger partial charge on any atom is 0.260 e. The number of carbonyl (C=O) groups excluding carboxylic acids is 1. The Morgan fingerprint density at radius 3 is 2.42 bits per heavy atom. The Morgan fingerprint density at radius 1 is 1.09 bits per heavy atom. The highest BCUT2D eigenvalue weighted by Crippen LogP contribution is 2.32. The quantitative estimate of drug-likeness (QED) is 0.456. The molecule has 0 saturated heterocycles. The minimum Gasteiger partial charge on any atom is -0.309 e. The highest BCUT2D eigenvalue weighted by atomic mass is 32.2. The maximum absolute atomic E-state index is 13.6. The minimum atomic E-state index is -3.58.